The molecule has 0 saturated heterocycles. The number of esters is 1. The number of anilines is 1. The van der Waals surface area contributed by atoms with Crippen molar-refractivity contribution in [2.24, 2.45) is 0 Å². The zero-order chi connectivity index (χ0) is 20.0. The first-order chi connectivity index (χ1) is 12.8. The van der Waals surface area contributed by atoms with Gasteiger partial charge < -0.3 is 9.47 Å². The number of rotatable bonds is 8. The predicted molar refractivity (Wildman–Crippen MR) is 97.3 cm³/mol. The molecule has 27 heavy (non-hydrogen) atoms. The Morgan fingerprint density at radius 1 is 1.19 bits per heavy atom. The molecule has 144 valence electrons. The fourth-order valence-corrected chi connectivity index (χ4v) is 3.66. The van der Waals surface area contributed by atoms with E-state index in [1.54, 1.807) is 6.92 Å². The highest BCUT2D eigenvalue weighted by molar-refractivity contribution is 7.92. The lowest BCUT2D eigenvalue weighted by molar-refractivity contribution is -0.384. The summed E-state index contributed by atoms with van der Waals surface area (Å²) in [6, 6.07) is 10.6. The molecule has 0 radical (unpaired) electrons. The number of hydrogen-bond donors (Lipinski definition) is 0. The van der Waals surface area contributed by atoms with Gasteiger partial charge in [0.25, 0.3) is 15.7 Å². The van der Waals surface area contributed by atoms with Crippen LogP contribution in [0.1, 0.15) is 6.92 Å². The summed E-state index contributed by atoms with van der Waals surface area (Å²) in [7, 11) is -3.06. The molecule has 0 fully saturated rings. The highest BCUT2D eigenvalue weighted by Gasteiger charge is 2.28. The molecule has 0 saturated carbocycles. The topological polar surface area (TPSA) is 116 Å². The second-order valence-corrected chi connectivity index (χ2v) is 7.13. The number of sulfonamides is 1. The first kappa shape index (κ1) is 20.2. The summed E-state index contributed by atoms with van der Waals surface area (Å²) in [6.07, 6.45) is 0. The predicted octanol–water partition coefficient (Wildman–Crippen LogP) is 2.36. The standard InChI is InChI=1S/C17H18N2O7S/c1-3-26-15-7-9-16(10-8-15)27(23,24)18(12-17(20)25-2)13-5-4-6-14(11-13)19(21)22/h4-11H,3,12H2,1-2H3. The van der Waals surface area contributed by atoms with Crippen molar-refractivity contribution in [2.75, 3.05) is 24.6 Å². The van der Waals surface area contributed by atoms with E-state index in [4.69, 9.17) is 4.74 Å². The maximum atomic E-state index is 13.0. The third-order valence-corrected chi connectivity index (χ3v) is 5.34. The average molecular weight is 394 g/mol. The van der Waals surface area contributed by atoms with E-state index < -0.39 is 27.5 Å². The van der Waals surface area contributed by atoms with Crippen LogP contribution >= 0.6 is 0 Å². The number of methoxy groups -OCH3 is 1. The third-order valence-electron chi connectivity index (χ3n) is 3.55. The van der Waals surface area contributed by atoms with Crippen LogP contribution in [0, 0.1) is 10.1 Å². The summed E-state index contributed by atoms with van der Waals surface area (Å²) in [5.74, 6) is -0.317. The minimum absolute atomic E-state index is 0.0246. The van der Waals surface area contributed by atoms with Crippen molar-refractivity contribution in [3.8, 4) is 5.75 Å². The molecule has 2 aromatic rings. The molecule has 2 rings (SSSR count). The number of non-ortho nitro benzene ring substituents is 1. The summed E-state index contributed by atoms with van der Waals surface area (Å²) < 4.78 is 36.7. The molecule has 0 bridgehead atoms. The molecule has 0 atom stereocenters. The van der Waals surface area contributed by atoms with Gasteiger partial charge in [0.2, 0.25) is 0 Å². The summed E-state index contributed by atoms with van der Waals surface area (Å²) in [4.78, 5) is 22.0. The monoisotopic (exact) mass is 394 g/mol. The van der Waals surface area contributed by atoms with E-state index in [0.29, 0.717) is 12.4 Å². The lowest BCUT2D eigenvalue weighted by atomic mass is 10.3. The molecule has 0 unspecified atom stereocenters. The molecule has 0 aliphatic heterocycles. The zero-order valence-electron chi connectivity index (χ0n) is 14.7. The van der Waals surface area contributed by atoms with Crippen molar-refractivity contribution < 1.29 is 27.6 Å². The van der Waals surface area contributed by atoms with Crippen molar-refractivity contribution in [2.45, 2.75) is 11.8 Å². The van der Waals surface area contributed by atoms with Gasteiger partial charge >= 0.3 is 5.97 Å². The highest BCUT2D eigenvalue weighted by Crippen LogP contribution is 2.28. The van der Waals surface area contributed by atoms with Crippen molar-refractivity contribution in [1.29, 1.82) is 0 Å². The molecule has 9 nitrogen and oxygen atoms in total. The minimum atomic E-state index is -4.18. The molecule has 0 N–H and O–H groups in total. The molecular formula is C17H18N2O7S. The van der Waals surface area contributed by atoms with Gasteiger partial charge in [0, 0.05) is 12.1 Å². The number of nitrogens with zero attached hydrogens (tertiary/aromatic N) is 2. The number of carbonyl (C=O) groups excluding carboxylic acids is 1. The van der Waals surface area contributed by atoms with Crippen LogP contribution in [-0.4, -0.2) is 39.6 Å². The van der Waals surface area contributed by atoms with Gasteiger partial charge in [-0.3, -0.25) is 19.2 Å². The largest absolute Gasteiger partial charge is 0.494 e. The number of nitro groups is 1. The van der Waals surface area contributed by atoms with Crippen molar-refractivity contribution in [3.63, 3.8) is 0 Å². The van der Waals surface area contributed by atoms with Crippen LogP contribution in [0.15, 0.2) is 53.4 Å². The first-order valence-corrected chi connectivity index (χ1v) is 9.30. The second kappa shape index (κ2) is 8.49. The summed E-state index contributed by atoms with van der Waals surface area (Å²) >= 11 is 0. The Labute approximate surface area is 156 Å². The normalized spacial score (nSPS) is 10.9. The van der Waals surface area contributed by atoms with Crippen LogP contribution < -0.4 is 9.04 Å². The van der Waals surface area contributed by atoms with Crippen LogP contribution in [0.2, 0.25) is 0 Å². The van der Waals surface area contributed by atoms with E-state index >= 15 is 0 Å². The number of ether oxygens (including phenoxy) is 2. The molecule has 0 heterocycles. The Morgan fingerprint density at radius 3 is 2.41 bits per heavy atom. The van der Waals surface area contributed by atoms with Gasteiger partial charge in [-0.15, -0.1) is 0 Å². The second-order valence-electron chi connectivity index (χ2n) is 5.27. The molecule has 2 aromatic carbocycles. The molecule has 0 spiro atoms. The van der Waals surface area contributed by atoms with Crippen LogP contribution in [-0.2, 0) is 19.6 Å². The van der Waals surface area contributed by atoms with Crippen molar-refractivity contribution in [1.82, 2.24) is 0 Å². The van der Waals surface area contributed by atoms with E-state index in [1.165, 1.54) is 42.5 Å². The molecule has 10 heteroatoms. The molecule has 0 aromatic heterocycles. The van der Waals surface area contributed by atoms with Crippen LogP contribution in [0.25, 0.3) is 0 Å². The Hall–Kier alpha value is -3.14. The van der Waals surface area contributed by atoms with Gasteiger partial charge in [-0.1, -0.05) is 6.07 Å². The maximum absolute atomic E-state index is 13.0. The van der Waals surface area contributed by atoms with Gasteiger partial charge in [-0.05, 0) is 37.3 Å². The Bertz CT molecular complexity index is 927. The lowest BCUT2D eigenvalue weighted by Crippen LogP contribution is -2.36. The molecule has 0 aliphatic carbocycles. The van der Waals surface area contributed by atoms with Gasteiger partial charge in [-0.25, -0.2) is 8.42 Å². The van der Waals surface area contributed by atoms with Crippen LogP contribution in [0.4, 0.5) is 11.4 Å². The maximum Gasteiger partial charge on any atom is 0.326 e. The third kappa shape index (κ3) is 4.73. The van der Waals surface area contributed by atoms with Gasteiger partial charge in [-0.2, -0.15) is 0 Å². The van der Waals surface area contributed by atoms with Gasteiger partial charge in [0.15, 0.2) is 0 Å². The van der Waals surface area contributed by atoms with Gasteiger partial charge in [0.05, 0.1) is 29.2 Å². The SMILES string of the molecule is CCOc1ccc(S(=O)(=O)N(CC(=O)OC)c2cccc([N+](=O)[O-])c2)cc1. The fourth-order valence-electron chi connectivity index (χ4n) is 2.26. The zero-order valence-corrected chi connectivity index (χ0v) is 15.5. The molecular weight excluding hydrogens is 376 g/mol. The quantitative estimate of drug-likeness (QED) is 0.383. The Kier molecular flexibility index (Phi) is 6.35. The lowest BCUT2D eigenvalue weighted by Gasteiger charge is -2.23. The van der Waals surface area contributed by atoms with E-state index in [1.807, 2.05) is 0 Å². The summed E-state index contributed by atoms with van der Waals surface area (Å²) in [5, 5.41) is 11.0. The van der Waals surface area contributed by atoms with Crippen molar-refractivity contribution >= 4 is 27.4 Å². The molecule has 0 aliphatic rings. The van der Waals surface area contributed by atoms with Gasteiger partial charge in [0.1, 0.15) is 12.3 Å². The van der Waals surface area contributed by atoms with E-state index in [2.05, 4.69) is 4.74 Å². The molecule has 0 amide bonds. The van der Waals surface area contributed by atoms with E-state index in [-0.39, 0.29) is 16.3 Å². The number of benzene rings is 2. The number of hydrogen-bond acceptors (Lipinski definition) is 7. The summed E-state index contributed by atoms with van der Waals surface area (Å²) in [5.41, 5.74) is -0.326. The Morgan fingerprint density at radius 2 is 1.85 bits per heavy atom. The number of nitro benzene ring substituents is 1. The minimum Gasteiger partial charge on any atom is -0.494 e. The van der Waals surface area contributed by atoms with E-state index in [0.717, 1.165) is 17.5 Å². The Balaban J connectivity index is 2.50. The first-order valence-electron chi connectivity index (χ1n) is 7.86. The highest BCUT2D eigenvalue weighted by atomic mass is 32.2. The van der Waals surface area contributed by atoms with Crippen LogP contribution in [0.5, 0.6) is 5.75 Å². The number of carbonyl (C=O) groups is 1. The smallest absolute Gasteiger partial charge is 0.326 e. The fraction of sp³-hybridized carbons (Fsp3) is 0.235. The average Bonchev–Trinajstić information content (AvgIpc) is 2.66. The van der Waals surface area contributed by atoms with Crippen LogP contribution in [0.3, 0.4) is 0 Å². The summed E-state index contributed by atoms with van der Waals surface area (Å²) in [6.45, 7) is 1.59. The van der Waals surface area contributed by atoms with E-state index in [9.17, 15) is 23.3 Å². The van der Waals surface area contributed by atoms with Crippen molar-refractivity contribution in [3.05, 3.63) is 58.6 Å².